The second-order valence-electron chi connectivity index (χ2n) is 7.80. The number of halogens is 1. The van der Waals surface area contributed by atoms with Gasteiger partial charge in [-0.1, -0.05) is 24.6 Å². The van der Waals surface area contributed by atoms with Gasteiger partial charge in [0.15, 0.2) is 0 Å². The highest BCUT2D eigenvalue weighted by Gasteiger charge is 2.25. The quantitative estimate of drug-likeness (QED) is 0.833. The zero-order valence-electron chi connectivity index (χ0n) is 16.8. The van der Waals surface area contributed by atoms with Crippen LogP contribution in [-0.2, 0) is 12.8 Å². The van der Waals surface area contributed by atoms with Crippen molar-refractivity contribution in [2.45, 2.75) is 39.0 Å². The average Bonchev–Trinajstić information content (AvgIpc) is 2.77. The molecule has 4 rings (SSSR count). The number of carbonyl (C=O) groups is 2. The lowest BCUT2D eigenvalue weighted by Gasteiger charge is -2.34. The summed E-state index contributed by atoms with van der Waals surface area (Å²) in [6.45, 7) is 4.87. The average molecular weight is 415 g/mol. The van der Waals surface area contributed by atoms with Crippen LogP contribution in [0.1, 0.15) is 47.8 Å². The molecule has 29 heavy (non-hydrogen) atoms. The van der Waals surface area contributed by atoms with Gasteiger partial charge in [-0.25, -0.2) is 4.79 Å². The minimum atomic E-state index is -0.0479. The summed E-state index contributed by atoms with van der Waals surface area (Å²) in [4.78, 5) is 33.5. The number of carbonyl (C=O) groups excluding carboxylic acids is 2. The molecule has 2 aliphatic rings. The van der Waals surface area contributed by atoms with Crippen molar-refractivity contribution in [3.05, 3.63) is 40.0 Å². The Morgan fingerprint density at radius 2 is 1.83 bits per heavy atom. The van der Waals surface area contributed by atoms with Crippen molar-refractivity contribution in [1.82, 2.24) is 20.1 Å². The normalized spacial score (nSPS) is 16.6. The van der Waals surface area contributed by atoms with Crippen molar-refractivity contribution in [1.29, 1.82) is 0 Å². The molecule has 1 saturated heterocycles. The minimum absolute atomic E-state index is 0.0174. The van der Waals surface area contributed by atoms with E-state index in [0.717, 1.165) is 53.7 Å². The predicted octanol–water partition coefficient (Wildman–Crippen LogP) is 3.64. The third-order valence-corrected chi connectivity index (χ3v) is 6.25. The lowest BCUT2D eigenvalue weighted by Crippen LogP contribution is -2.53. The summed E-state index contributed by atoms with van der Waals surface area (Å²) in [6.07, 6.45) is 5.13. The number of aromatic nitrogens is 1. The van der Waals surface area contributed by atoms with Gasteiger partial charge in [0.1, 0.15) is 0 Å². The number of hydrogen-bond donors (Lipinski definition) is 1. The van der Waals surface area contributed by atoms with E-state index >= 15 is 0 Å². The van der Waals surface area contributed by atoms with E-state index in [1.165, 1.54) is 5.56 Å². The van der Waals surface area contributed by atoms with Crippen molar-refractivity contribution < 1.29 is 9.59 Å². The van der Waals surface area contributed by atoms with Gasteiger partial charge in [-0.05, 0) is 49.8 Å². The van der Waals surface area contributed by atoms with Gasteiger partial charge in [-0.3, -0.25) is 9.78 Å². The van der Waals surface area contributed by atoms with Crippen molar-refractivity contribution in [3.8, 4) is 0 Å². The molecule has 0 saturated carbocycles. The Morgan fingerprint density at radius 3 is 2.59 bits per heavy atom. The number of amides is 3. The van der Waals surface area contributed by atoms with E-state index in [1.54, 1.807) is 4.90 Å². The number of nitrogens with zero attached hydrogens (tertiary/aromatic N) is 3. The smallest absolute Gasteiger partial charge is 0.317 e. The molecular formula is C22H27ClN4O2. The summed E-state index contributed by atoms with van der Waals surface area (Å²) in [5.41, 5.74) is 3.66. The number of benzene rings is 1. The lowest BCUT2D eigenvalue weighted by molar-refractivity contribution is 0.0665. The molecule has 0 spiro atoms. The highest BCUT2D eigenvalue weighted by atomic mass is 35.5. The van der Waals surface area contributed by atoms with Crippen LogP contribution >= 0.6 is 11.6 Å². The van der Waals surface area contributed by atoms with E-state index in [0.29, 0.717) is 38.3 Å². The fourth-order valence-corrected chi connectivity index (χ4v) is 4.50. The molecule has 1 N–H and O–H groups in total. The van der Waals surface area contributed by atoms with Crippen molar-refractivity contribution in [3.63, 3.8) is 0 Å². The Balaban J connectivity index is 1.49. The summed E-state index contributed by atoms with van der Waals surface area (Å²) in [5, 5.41) is 4.60. The Morgan fingerprint density at radius 1 is 1.10 bits per heavy atom. The van der Waals surface area contributed by atoms with Crippen LogP contribution in [0.2, 0.25) is 5.02 Å². The van der Waals surface area contributed by atoms with Crippen molar-refractivity contribution in [2.75, 3.05) is 32.7 Å². The maximum Gasteiger partial charge on any atom is 0.317 e. The highest BCUT2D eigenvalue weighted by molar-refractivity contribution is 6.36. The van der Waals surface area contributed by atoms with E-state index in [1.807, 2.05) is 30.0 Å². The van der Waals surface area contributed by atoms with Crippen LogP contribution in [0.3, 0.4) is 0 Å². The van der Waals surface area contributed by atoms with E-state index in [2.05, 4.69) is 5.32 Å². The molecule has 1 aliphatic carbocycles. The Hall–Kier alpha value is -2.34. The first kappa shape index (κ1) is 20.0. The molecule has 0 unspecified atom stereocenters. The van der Waals surface area contributed by atoms with Gasteiger partial charge in [0.05, 0.1) is 10.5 Å². The van der Waals surface area contributed by atoms with Crippen LogP contribution in [0.25, 0.3) is 10.9 Å². The summed E-state index contributed by atoms with van der Waals surface area (Å²) in [5.74, 6) is -0.0174. The molecule has 0 bridgehead atoms. The molecule has 6 nitrogen and oxygen atoms in total. The lowest BCUT2D eigenvalue weighted by atomic mass is 9.94. The molecular weight excluding hydrogens is 388 g/mol. The Labute approximate surface area is 176 Å². The number of fused-ring (bicyclic) bond motifs is 2. The molecule has 7 heteroatoms. The number of nitrogens with one attached hydrogen (secondary N) is 1. The molecule has 1 aliphatic heterocycles. The topological polar surface area (TPSA) is 65.5 Å². The van der Waals surface area contributed by atoms with Crippen LogP contribution < -0.4 is 5.32 Å². The van der Waals surface area contributed by atoms with Crippen LogP contribution in [0.4, 0.5) is 4.79 Å². The standard InChI is InChI=1S/C22H27ClN4O2/c1-2-9-24-22(29)27-12-10-26(11-13-27)21(28)15-7-8-17-19(14-15)25-18-6-4-3-5-16(18)20(17)23/h7-8,14H,2-6,9-13H2,1H3,(H,24,29). The molecule has 1 fully saturated rings. The Bertz CT molecular complexity index is 938. The molecule has 0 radical (unpaired) electrons. The fraction of sp³-hybridized carbons (Fsp3) is 0.500. The largest absolute Gasteiger partial charge is 0.338 e. The van der Waals surface area contributed by atoms with E-state index in [4.69, 9.17) is 16.6 Å². The second kappa shape index (κ2) is 8.57. The monoisotopic (exact) mass is 414 g/mol. The van der Waals surface area contributed by atoms with Gasteiger partial charge < -0.3 is 15.1 Å². The molecule has 1 aromatic carbocycles. The minimum Gasteiger partial charge on any atom is -0.338 e. The van der Waals surface area contributed by atoms with Gasteiger partial charge in [0, 0.05) is 49.4 Å². The molecule has 3 amide bonds. The number of piperazine rings is 1. The predicted molar refractivity (Wildman–Crippen MR) is 115 cm³/mol. The first-order valence-electron chi connectivity index (χ1n) is 10.5. The van der Waals surface area contributed by atoms with Crippen molar-refractivity contribution >= 4 is 34.4 Å². The van der Waals surface area contributed by atoms with Crippen LogP contribution in [0.5, 0.6) is 0 Å². The number of urea groups is 1. The SMILES string of the molecule is CCCNC(=O)N1CCN(C(=O)c2ccc3c(Cl)c4c(nc3c2)CCCC4)CC1. The summed E-state index contributed by atoms with van der Waals surface area (Å²) >= 11 is 6.64. The van der Waals surface area contributed by atoms with Gasteiger partial charge in [0.25, 0.3) is 5.91 Å². The molecule has 0 atom stereocenters. The summed E-state index contributed by atoms with van der Waals surface area (Å²) in [6, 6.07) is 5.57. The first-order chi connectivity index (χ1) is 14.1. The van der Waals surface area contributed by atoms with E-state index in [-0.39, 0.29) is 11.9 Å². The summed E-state index contributed by atoms with van der Waals surface area (Å²) < 4.78 is 0. The Kier molecular flexibility index (Phi) is 5.90. The number of hydrogen-bond acceptors (Lipinski definition) is 3. The molecule has 2 heterocycles. The molecule has 1 aromatic heterocycles. The third-order valence-electron chi connectivity index (χ3n) is 5.82. The van der Waals surface area contributed by atoms with Crippen molar-refractivity contribution in [2.24, 2.45) is 0 Å². The highest BCUT2D eigenvalue weighted by Crippen LogP contribution is 2.33. The van der Waals surface area contributed by atoms with E-state index < -0.39 is 0 Å². The van der Waals surface area contributed by atoms with Gasteiger partial charge in [0.2, 0.25) is 0 Å². The number of pyridine rings is 1. The zero-order chi connectivity index (χ0) is 20.4. The zero-order valence-corrected chi connectivity index (χ0v) is 17.6. The molecule has 2 aromatic rings. The second-order valence-corrected chi connectivity index (χ2v) is 8.18. The first-order valence-corrected chi connectivity index (χ1v) is 10.9. The fourth-order valence-electron chi connectivity index (χ4n) is 4.14. The van der Waals surface area contributed by atoms with Gasteiger partial charge in [-0.15, -0.1) is 0 Å². The molecule has 154 valence electrons. The van der Waals surface area contributed by atoms with Gasteiger partial charge >= 0.3 is 6.03 Å². The maximum absolute atomic E-state index is 13.0. The van der Waals surface area contributed by atoms with Crippen LogP contribution in [-0.4, -0.2) is 59.4 Å². The van der Waals surface area contributed by atoms with Crippen LogP contribution in [0, 0.1) is 0 Å². The number of aryl methyl sites for hydroxylation is 1. The van der Waals surface area contributed by atoms with Gasteiger partial charge in [-0.2, -0.15) is 0 Å². The maximum atomic E-state index is 13.0. The summed E-state index contributed by atoms with van der Waals surface area (Å²) in [7, 11) is 0. The van der Waals surface area contributed by atoms with E-state index in [9.17, 15) is 9.59 Å². The van der Waals surface area contributed by atoms with Crippen LogP contribution in [0.15, 0.2) is 18.2 Å². The number of rotatable bonds is 3. The third kappa shape index (κ3) is 4.04.